The first-order chi connectivity index (χ1) is 0. The van der Waals surface area contributed by atoms with Crippen LogP contribution < -0.4 is 124 Å². The molecule has 0 rings (SSSR count). The fraction of sp³-hybridized carbons (Fsp3) is 0. The molecule has 2 radical (unpaired) electrons. The molecule has 0 aromatic heterocycles. The fourth-order valence-electron chi connectivity index (χ4n) is 0. The molecule has 0 atom stereocenters. The van der Waals surface area contributed by atoms with E-state index in [1.807, 2.05) is 0 Å². The van der Waals surface area contributed by atoms with E-state index in [2.05, 4.69) is 0 Å². The first kappa shape index (κ1) is 220. The molecule has 0 aliphatic heterocycles. The molecular weight excluding hydrogens is 456 g/mol. The third-order valence-electron chi connectivity index (χ3n) is 0. The average molecular weight is 456 g/mol. The van der Waals surface area contributed by atoms with Gasteiger partial charge in [-0.1, -0.05) is 0 Å². The van der Waals surface area contributed by atoms with Gasteiger partial charge in [-0.05, 0) is 0 Å². The standard InChI is InChI=1S/10ClH.2V/h10*1H;;/p-10. The summed E-state index contributed by atoms with van der Waals surface area (Å²) in [5, 5.41) is 0. The van der Waals surface area contributed by atoms with E-state index in [0.29, 0.717) is 0 Å². The van der Waals surface area contributed by atoms with Crippen LogP contribution in [0.3, 0.4) is 0 Å². The second-order valence-electron chi connectivity index (χ2n) is 0. The molecule has 0 saturated heterocycles. The molecule has 90 valence electrons. The van der Waals surface area contributed by atoms with E-state index in [9.17, 15) is 0 Å². The van der Waals surface area contributed by atoms with Gasteiger partial charge in [-0.25, -0.2) is 0 Å². The Morgan fingerprint density at radius 3 is 0.167 bits per heavy atom. The Labute approximate surface area is 159 Å². The molecule has 12 heteroatoms. The van der Waals surface area contributed by atoms with E-state index in [1.165, 1.54) is 0 Å². The van der Waals surface area contributed by atoms with E-state index >= 15 is 0 Å². The summed E-state index contributed by atoms with van der Waals surface area (Å²) in [6.07, 6.45) is 0. The van der Waals surface area contributed by atoms with Crippen molar-refractivity contribution in [1.29, 1.82) is 0 Å². The third-order valence-corrected chi connectivity index (χ3v) is 0. The molecule has 0 amide bonds. The molecule has 0 heterocycles. The van der Waals surface area contributed by atoms with Gasteiger partial charge in [0.1, 0.15) is 0 Å². The molecule has 0 bridgehead atoms. The van der Waals surface area contributed by atoms with Crippen molar-refractivity contribution in [2.75, 3.05) is 0 Å². The monoisotopic (exact) mass is 452 g/mol. The fourth-order valence-corrected chi connectivity index (χ4v) is 0. The van der Waals surface area contributed by atoms with Crippen molar-refractivity contribution < 1.29 is 161 Å². The first-order valence-electron chi connectivity index (χ1n) is 0. The van der Waals surface area contributed by atoms with Gasteiger partial charge in [-0.15, -0.1) is 0 Å². The zero-order valence-corrected chi connectivity index (χ0v) is 15.0. The zero-order valence-electron chi connectivity index (χ0n) is 4.67. The Balaban J connectivity index is 0. The van der Waals surface area contributed by atoms with Crippen molar-refractivity contribution in [3.63, 3.8) is 0 Å². The predicted molar refractivity (Wildman–Crippen MR) is 0 cm³/mol. The molecule has 0 aliphatic rings. The molecule has 0 aliphatic carbocycles. The molecule has 0 saturated carbocycles. The maximum Gasteiger partial charge on any atom is 0 e. The maximum atomic E-state index is 0. The first-order valence-corrected chi connectivity index (χ1v) is 0. The molecule has 0 nitrogen and oxygen atoms in total. The molecule has 0 spiro atoms. The van der Waals surface area contributed by atoms with Crippen LogP contribution in [-0.4, -0.2) is 0 Å². The van der Waals surface area contributed by atoms with Crippen molar-refractivity contribution in [3.05, 3.63) is 0 Å². The number of hydrogen-bond acceptors (Lipinski definition) is 0. The Hall–Kier alpha value is 4.07. The van der Waals surface area contributed by atoms with E-state index in [0.717, 1.165) is 0 Å². The van der Waals surface area contributed by atoms with E-state index in [4.69, 9.17) is 0 Å². The molecule has 0 fully saturated rings. The van der Waals surface area contributed by atoms with Crippen molar-refractivity contribution >= 4 is 0 Å². The van der Waals surface area contributed by atoms with Crippen LogP contribution in [0.1, 0.15) is 0 Å². The minimum Gasteiger partial charge on any atom is -1.00 e. The van der Waals surface area contributed by atoms with Crippen molar-refractivity contribution in [2.45, 2.75) is 0 Å². The van der Waals surface area contributed by atoms with Gasteiger partial charge in [0.2, 0.25) is 0 Å². The normalized spacial score (nSPS) is 0. The van der Waals surface area contributed by atoms with Gasteiger partial charge in [-0.3, -0.25) is 0 Å². The van der Waals surface area contributed by atoms with Crippen LogP contribution in [0, 0.1) is 0 Å². The number of rotatable bonds is 0. The predicted octanol–water partition coefficient (Wildman–Crippen LogP) is -30.0. The van der Waals surface area contributed by atoms with E-state index in [1.54, 1.807) is 0 Å². The average Bonchev–Trinajstić information content (AvgIpc) is 0. The van der Waals surface area contributed by atoms with Crippen molar-refractivity contribution in [1.82, 2.24) is 0 Å². The Morgan fingerprint density at radius 2 is 0.167 bits per heavy atom. The van der Waals surface area contributed by atoms with E-state index in [-0.39, 0.29) is 161 Å². The maximum absolute atomic E-state index is 0. The van der Waals surface area contributed by atoms with Crippen LogP contribution in [0.25, 0.3) is 0 Å². The minimum atomic E-state index is 0. The molecule has 0 N–H and O–H groups in total. The smallest absolute Gasteiger partial charge is 0 e. The summed E-state index contributed by atoms with van der Waals surface area (Å²) in [6.45, 7) is 0. The van der Waals surface area contributed by atoms with Crippen molar-refractivity contribution in [2.24, 2.45) is 0 Å². The summed E-state index contributed by atoms with van der Waals surface area (Å²) >= 11 is 0. The topological polar surface area (TPSA) is 0 Å². The largest absolute Gasteiger partial charge is 1.00 e. The SMILES string of the molecule is [Cl-].[Cl-].[Cl-].[Cl-].[Cl-].[Cl-].[Cl-].[Cl-].[Cl-].[Cl-].[V].[V]. The van der Waals surface area contributed by atoms with Gasteiger partial charge in [0.15, 0.2) is 0 Å². The summed E-state index contributed by atoms with van der Waals surface area (Å²) < 4.78 is 0. The summed E-state index contributed by atoms with van der Waals surface area (Å²) in [7, 11) is 0. The summed E-state index contributed by atoms with van der Waals surface area (Å²) in [6, 6.07) is 0. The molecule has 12 heavy (non-hydrogen) atoms. The Morgan fingerprint density at radius 1 is 0.167 bits per heavy atom. The van der Waals surface area contributed by atoms with Crippen LogP contribution in [-0.2, 0) is 37.1 Å². The van der Waals surface area contributed by atoms with Crippen LogP contribution in [0.15, 0.2) is 0 Å². The third kappa shape index (κ3) is 145. The van der Waals surface area contributed by atoms with Gasteiger partial charge in [0.25, 0.3) is 0 Å². The quantitative estimate of drug-likeness (QED) is 0.340. The van der Waals surface area contributed by atoms with Gasteiger partial charge in [0, 0.05) is 37.1 Å². The molecular formula is Cl10V2-10. The zero-order chi connectivity index (χ0) is 0. The molecule has 0 aromatic rings. The number of halogens is 10. The van der Waals surface area contributed by atoms with Gasteiger partial charge < -0.3 is 124 Å². The molecule has 0 aromatic carbocycles. The molecule has 0 unspecified atom stereocenters. The van der Waals surface area contributed by atoms with Crippen LogP contribution in [0.5, 0.6) is 0 Å². The number of hydrogen-bond donors (Lipinski definition) is 0. The van der Waals surface area contributed by atoms with E-state index < -0.39 is 0 Å². The summed E-state index contributed by atoms with van der Waals surface area (Å²) in [4.78, 5) is 0. The van der Waals surface area contributed by atoms with Gasteiger partial charge in [0.05, 0.1) is 0 Å². The Bertz CT molecular complexity index is 7.80. The summed E-state index contributed by atoms with van der Waals surface area (Å²) in [5.41, 5.74) is 0. The van der Waals surface area contributed by atoms with Crippen LogP contribution in [0.4, 0.5) is 0 Å². The minimum absolute atomic E-state index is 0. The second kappa shape index (κ2) is 180. The second-order valence-corrected chi connectivity index (χ2v) is 0. The van der Waals surface area contributed by atoms with Crippen LogP contribution >= 0.6 is 0 Å². The van der Waals surface area contributed by atoms with Gasteiger partial charge in [-0.2, -0.15) is 0 Å². The Kier molecular flexibility index (Phi) is 3310. The van der Waals surface area contributed by atoms with Crippen LogP contribution in [0.2, 0.25) is 0 Å². The summed E-state index contributed by atoms with van der Waals surface area (Å²) in [5.74, 6) is 0. The van der Waals surface area contributed by atoms with Gasteiger partial charge >= 0.3 is 0 Å². The van der Waals surface area contributed by atoms with Crippen molar-refractivity contribution in [3.8, 4) is 0 Å².